The normalized spacial score (nSPS) is 10.7. The van der Waals surface area contributed by atoms with Gasteiger partial charge in [0.1, 0.15) is 5.82 Å². The van der Waals surface area contributed by atoms with Crippen molar-refractivity contribution in [2.75, 3.05) is 26.7 Å². The molecule has 0 radical (unpaired) electrons. The van der Waals surface area contributed by atoms with E-state index in [0.29, 0.717) is 25.2 Å². The molecule has 0 bridgehead atoms. The van der Waals surface area contributed by atoms with Gasteiger partial charge in [0.15, 0.2) is 0 Å². The monoisotopic (exact) mass is 296 g/mol. The van der Waals surface area contributed by atoms with Crippen LogP contribution in [0.2, 0.25) is 0 Å². The highest BCUT2D eigenvalue weighted by molar-refractivity contribution is 5.87. The molecule has 0 unspecified atom stereocenters. The topological polar surface area (TPSA) is 60.9 Å². The molecule has 1 rings (SSSR count). The molecule has 1 N–H and O–H groups in total. The average Bonchev–Trinajstić information content (AvgIpc) is 2.39. The molecule has 0 aliphatic rings. The summed E-state index contributed by atoms with van der Waals surface area (Å²) in [5.74, 6) is -2.03. The minimum atomic E-state index is -1.29. The summed E-state index contributed by atoms with van der Waals surface area (Å²) < 4.78 is 13.6. The molecule has 5 nitrogen and oxygen atoms in total. The lowest BCUT2D eigenvalue weighted by atomic mass is 10.1. The molecule has 0 saturated carbocycles. The quantitative estimate of drug-likeness (QED) is 0.834. The van der Waals surface area contributed by atoms with E-state index in [9.17, 15) is 14.0 Å². The zero-order valence-corrected chi connectivity index (χ0v) is 12.6. The maximum absolute atomic E-state index is 13.6. The molecule has 1 aromatic rings. The first-order chi connectivity index (χ1) is 9.88. The lowest BCUT2D eigenvalue weighted by Gasteiger charge is -2.23. The Labute approximate surface area is 124 Å². The smallest absolute Gasteiger partial charge is 0.338 e. The second-order valence-electron chi connectivity index (χ2n) is 4.86. The maximum atomic E-state index is 13.6. The van der Waals surface area contributed by atoms with Gasteiger partial charge in [-0.25, -0.2) is 9.18 Å². The first-order valence-corrected chi connectivity index (χ1v) is 6.87. The van der Waals surface area contributed by atoms with Gasteiger partial charge < -0.3 is 10.0 Å². The van der Waals surface area contributed by atoms with E-state index in [0.717, 1.165) is 0 Å². The summed E-state index contributed by atoms with van der Waals surface area (Å²) in [5.41, 5.74) is 0.285. The van der Waals surface area contributed by atoms with Gasteiger partial charge in [-0.05, 0) is 38.6 Å². The third-order valence-corrected chi connectivity index (χ3v) is 3.24. The largest absolute Gasteiger partial charge is 0.478 e. The average molecular weight is 296 g/mol. The Kier molecular flexibility index (Phi) is 6.30. The molecule has 21 heavy (non-hydrogen) atoms. The zero-order valence-electron chi connectivity index (χ0n) is 12.6. The SMILES string of the molecule is CCN(CC)C(=O)CN(C)Cc1ccc(C(=O)O)c(F)c1. The maximum Gasteiger partial charge on any atom is 0.338 e. The molecular formula is C15H21FN2O3. The molecule has 0 heterocycles. The number of carboxylic acid groups (broad SMARTS) is 1. The Hall–Kier alpha value is -1.95. The molecule has 0 fully saturated rings. The van der Waals surface area contributed by atoms with Crippen LogP contribution in [0.1, 0.15) is 29.8 Å². The van der Waals surface area contributed by atoms with Crippen LogP contribution in [-0.2, 0) is 11.3 Å². The van der Waals surface area contributed by atoms with Crippen LogP contribution in [0.15, 0.2) is 18.2 Å². The van der Waals surface area contributed by atoms with Crippen LogP contribution in [0.4, 0.5) is 4.39 Å². The van der Waals surface area contributed by atoms with Crippen molar-refractivity contribution in [1.29, 1.82) is 0 Å². The van der Waals surface area contributed by atoms with E-state index in [4.69, 9.17) is 5.11 Å². The van der Waals surface area contributed by atoms with Gasteiger partial charge in [0.05, 0.1) is 12.1 Å². The van der Waals surface area contributed by atoms with Gasteiger partial charge in [0.25, 0.3) is 0 Å². The van der Waals surface area contributed by atoms with Crippen molar-refractivity contribution in [3.63, 3.8) is 0 Å². The van der Waals surface area contributed by atoms with Crippen molar-refractivity contribution < 1.29 is 19.1 Å². The van der Waals surface area contributed by atoms with Gasteiger partial charge >= 0.3 is 5.97 Å². The van der Waals surface area contributed by atoms with Crippen molar-refractivity contribution in [3.8, 4) is 0 Å². The number of halogens is 1. The van der Waals surface area contributed by atoms with E-state index in [2.05, 4.69) is 0 Å². The van der Waals surface area contributed by atoms with E-state index < -0.39 is 11.8 Å². The Morgan fingerprint density at radius 3 is 2.33 bits per heavy atom. The van der Waals surface area contributed by atoms with Crippen LogP contribution < -0.4 is 0 Å². The van der Waals surface area contributed by atoms with Crippen LogP contribution in [0.5, 0.6) is 0 Å². The number of rotatable bonds is 7. The van der Waals surface area contributed by atoms with Gasteiger partial charge in [-0.3, -0.25) is 9.69 Å². The number of hydrogen-bond acceptors (Lipinski definition) is 3. The summed E-state index contributed by atoms with van der Waals surface area (Å²) in [6, 6.07) is 4.00. The number of carbonyl (C=O) groups is 2. The van der Waals surface area contributed by atoms with Crippen LogP contribution >= 0.6 is 0 Å². The van der Waals surface area contributed by atoms with Crippen molar-refractivity contribution >= 4 is 11.9 Å². The molecule has 0 saturated heterocycles. The number of benzene rings is 1. The first kappa shape index (κ1) is 17.1. The number of likely N-dealkylation sites (N-methyl/N-ethyl adjacent to an activating group) is 2. The van der Waals surface area contributed by atoms with E-state index in [-0.39, 0.29) is 18.0 Å². The van der Waals surface area contributed by atoms with E-state index >= 15 is 0 Å². The third-order valence-electron chi connectivity index (χ3n) is 3.24. The Bertz CT molecular complexity index is 516. The molecule has 1 aromatic carbocycles. The Balaban J connectivity index is 2.67. The second-order valence-corrected chi connectivity index (χ2v) is 4.86. The summed E-state index contributed by atoms with van der Waals surface area (Å²) in [6.07, 6.45) is 0. The highest BCUT2D eigenvalue weighted by atomic mass is 19.1. The molecule has 0 spiro atoms. The minimum absolute atomic E-state index is 0.0186. The number of nitrogens with zero attached hydrogens (tertiary/aromatic N) is 2. The summed E-state index contributed by atoms with van der Waals surface area (Å²) in [5, 5.41) is 8.77. The van der Waals surface area contributed by atoms with Crippen LogP contribution in [0.25, 0.3) is 0 Å². The van der Waals surface area contributed by atoms with E-state index in [1.165, 1.54) is 12.1 Å². The molecule has 0 aliphatic carbocycles. The summed E-state index contributed by atoms with van der Waals surface area (Å²) >= 11 is 0. The van der Waals surface area contributed by atoms with E-state index in [1.807, 2.05) is 13.8 Å². The van der Waals surface area contributed by atoms with Crippen molar-refractivity contribution in [1.82, 2.24) is 9.80 Å². The van der Waals surface area contributed by atoms with Gasteiger partial charge in [0.2, 0.25) is 5.91 Å². The molecule has 1 amide bonds. The molecule has 116 valence electrons. The number of carbonyl (C=O) groups excluding carboxylic acids is 1. The van der Waals surface area contributed by atoms with Crippen LogP contribution in [0.3, 0.4) is 0 Å². The lowest BCUT2D eigenvalue weighted by Crippen LogP contribution is -2.38. The predicted octanol–water partition coefficient (Wildman–Crippen LogP) is 1.82. The molecule has 6 heteroatoms. The number of hydrogen-bond donors (Lipinski definition) is 1. The second kappa shape index (κ2) is 7.73. The molecule has 0 aromatic heterocycles. The van der Waals surface area contributed by atoms with Gasteiger partial charge in [0, 0.05) is 19.6 Å². The number of carboxylic acids is 1. The highest BCUT2D eigenvalue weighted by Crippen LogP contribution is 2.12. The molecule has 0 aliphatic heterocycles. The minimum Gasteiger partial charge on any atom is -0.478 e. The fraction of sp³-hybridized carbons (Fsp3) is 0.467. The molecule has 0 atom stereocenters. The molecular weight excluding hydrogens is 275 g/mol. The summed E-state index contributed by atoms with van der Waals surface area (Å²) in [7, 11) is 1.77. The van der Waals surface area contributed by atoms with Gasteiger partial charge in [-0.2, -0.15) is 0 Å². The summed E-state index contributed by atoms with van der Waals surface area (Å²) in [4.78, 5) is 26.2. The Morgan fingerprint density at radius 2 is 1.86 bits per heavy atom. The Morgan fingerprint density at radius 1 is 1.24 bits per heavy atom. The van der Waals surface area contributed by atoms with Gasteiger partial charge in [-0.15, -0.1) is 0 Å². The van der Waals surface area contributed by atoms with Crippen molar-refractivity contribution in [2.24, 2.45) is 0 Å². The first-order valence-electron chi connectivity index (χ1n) is 6.87. The fourth-order valence-electron chi connectivity index (χ4n) is 2.11. The van der Waals surface area contributed by atoms with Crippen molar-refractivity contribution in [2.45, 2.75) is 20.4 Å². The van der Waals surface area contributed by atoms with Gasteiger partial charge in [-0.1, -0.05) is 6.07 Å². The van der Waals surface area contributed by atoms with Crippen molar-refractivity contribution in [3.05, 3.63) is 35.1 Å². The van der Waals surface area contributed by atoms with E-state index in [1.54, 1.807) is 22.9 Å². The highest BCUT2D eigenvalue weighted by Gasteiger charge is 2.14. The number of aromatic carboxylic acids is 1. The fourth-order valence-corrected chi connectivity index (χ4v) is 2.11. The summed E-state index contributed by atoms with van der Waals surface area (Å²) in [6.45, 7) is 5.77. The van der Waals surface area contributed by atoms with Crippen LogP contribution in [0, 0.1) is 5.82 Å². The number of amides is 1. The van der Waals surface area contributed by atoms with Crippen LogP contribution in [-0.4, -0.2) is 53.5 Å². The third kappa shape index (κ3) is 4.82. The predicted molar refractivity (Wildman–Crippen MR) is 77.6 cm³/mol. The zero-order chi connectivity index (χ0) is 16.0. The lowest BCUT2D eigenvalue weighted by molar-refractivity contribution is -0.131. The standard InChI is InChI=1S/C15H21FN2O3/c1-4-18(5-2)14(19)10-17(3)9-11-6-7-12(15(20)21)13(16)8-11/h6-8H,4-5,9-10H2,1-3H3,(H,20,21).